The van der Waals surface area contributed by atoms with Gasteiger partial charge in [-0.05, 0) is 55.9 Å². The van der Waals surface area contributed by atoms with Gasteiger partial charge in [0.1, 0.15) is 0 Å². The summed E-state index contributed by atoms with van der Waals surface area (Å²) >= 11 is 0. The van der Waals surface area contributed by atoms with Crippen LogP contribution in [0.4, 0.5) is 0 Å². The third-order valence-electron chi connectivity index (χ3n) is 2.06. The zero-order valence-electron chi connectivity index (χ0n) is 21.5. The van der Waals surface area contributed by atoms with E-state index in [1.807, 2.05) is 0 Å². The summed E-state index contributed by atoms with van der Waals surface area (Å²) in [5.74, 6) is -13.9. The molecule has 4 bridgehead atoms. The smallest absolute Gasteiger partial charge is 0.223 e. The van der Waals surface area contributed by atoms with E-state index in [4.69, 9.17) is 26.3 Å². The molecule has 0 aliphatic heterocycles. The maximum absolute atomic E-state index is 12.4. The second-order valence-corrected chi connectivity index (χ2v) is 2.99. The van der Waals surface area contributed by atoms with E-state index < -0.39 is 67.2 Å². The zero-order valence-corrected chi connectivity index (χ0v) is 6.49. The minimum Gasteiger partial charge on any atom is -0.369 e. The average Bonchev–Trinajstić information content (AvgIpc) is 2.46. The van der Waals surface area contributed by atoms with Crippen LogP contribution in [-0.4, -0.2) is 5.91 Å². The second kappa shape index (κ2) is 2.28. The van der Waals surface area contributed by atoms with Crippen molar-refractivity contribution >= 4 is 5.91 Å². The molecule has 2 nitrogen and oxygen atoms in total. The monoisotopic (exact) mass is 194 g/mol. The van der Waals surface area contributed by atoms with E-state index in [1.54, 1.807) is 0 Å². The van der Waals surface area contributed by atoms with Crippen molar-refractivity contribution in [2.45, 2.75) is 38.2 Å². The van der Waals surface area contributed by atoms with E-state index in [0.717, 1.165) is 0 Å². The van der Waals surface area contributed by atoms with E-state index in [1.165, 1.54) is 0 Å². The predicted molar refractivity (Wildman–Crippen MR) is 49.8 cm³/mol. The van der Waals surface area contributed by atoms with Gasteiger partial charge < -0.3 is 5.73 Å². The van der Waals surface area contributed by atoms with Crippen molar-refractivity contribution in [1.29, 1.82) is 0 Å². The molecular formula is C11H17NO. The summed E-state index contributed by atoms with van der Waals surface area (Å²) in [6, 6.07) is 0. The molecule has 4 aliphatic carbocycles. The van der Waals surface area contributed by atoms with Crippen molar-refractivity contribution in [1.82, 2.24) is 0 Å². The first-order valence-corrected chi connectivity index (χ1v) is 3.74. The first-order valence-electron chi connectivity index (χ1n) is 11.2. The van der Waals surface area contributed by atoms with Crippen LogP contribution in [0, 0.1) is 23.1 Å². The topological polar surface area (TPSA) is 43.1 Å². The lowest BCUT2D eigenvalue weighted by Gasteiger charge is -2.55. The molecule has 0 saturated heterocycles. The SMILES string of the molecule is [2H]C1([2H])C2([2H])C([2H])([2H])C3([2H])C([2H])([2H])C1([2H])C([2H])([2H])C(C(N)=O)(C2([2H])[2H])C3([2H])[2H]. The Kier molecular flexibility index (Phi) is 0.332. The number of nitrogens with two attached hydrogens (primary N) is 1. The summed E-state index contributed by atoms with van der Waals surface area (Å²) < 4.78 is 124. The lowest BCUT2D eigenvalue weighted by Crippen LogP contribution is -2.52. The Morgan fingerprint density at radius 1 is 1.23 bits per heavy atom. The Labute approximate surface area is 99.9 Å². The average molecular weight is 194 g/mol. The summed E-state index contributed by atoms with van der Waals surface area (Å²) in [5, 5.41) is 0. The lowest BCUT2D eigenvalue weighted by molar-refractivity contribution is -0.142. The van der Waals surface area contributed by atoms with Crippen LogP contribution in [0.2, 0.25) is 0 Å². The standard InChI is InChI=1S/C11H17NO/c12-10(13)11-4-7-1-8(5-11)3-9(2-7)6-11/h7-9H,1-6H2,(H2,12,13)/i1D2,2D2,3D2,4D2,5D2,6D2,7D,8D,9D. The molecule has 13 heavy (non-hydrogen) atoms. The Morgan fingerprint density at radius 3 is 1.92 bits per heavy atom. The third kappa shape index (κ3) is 0.976. The lowest BCUT2D eigenvalue weighted by atomic mass is 9.49. The van der Waals surface area contributed by atoms with Gasteiger partial charge in [-0.2, -0.15) is 0 Å². The minimum absolute atomic E-state index is 2.08. The Morgan fingerprint density at radius 2 is 1.62 bits per heavy atom. The first kappa shape index (κ1) is 1.89. The number of hydrogen-bond donors (Lipinski definition) is 1. The van der Waals surface area contributed by atoms with Crippen LogP contribution < -0.4 is 5.73 Å². The van der Waals surface area contributed by atoms with Crippen LogP contribution in [0.1, 0.15) is 58.8 Å². The van der Waals surface area contributed by atoms with E-state index >= 15 is 0 Å². The largest absolute Gasteiger partial charge is 0.369 e. The highest BCUT2D eigenvalue weighted by molar-refractivity contribution is 5.81. The van der Waals surface area contributed by atoms with E-state index in [9.17, 15) is 4.79 Å². The molecule has 0 aromatic rings. The molecule has 0 radical (unpaired) electrons. The quantitative estimate of drug-likeness (QED) is 0.678. The molecule has 4 rings (SSSR count). The van der Waals surface area contributed by atoms with Gasteiger partial charge in [0, 0.05) is 26.0 Å². The van der Waals surface area contributed by atoms with Crippen molar-refractivity contribution < 1.29 is 25.4 Å². The summed E-state index contributed by atoms with van der Waals surface area (Å²) in [4.78, 5) is 12.4. The third-order valence-corrected chi connectivity index (χ3v) is 2.06. The normalized spacial score (nSPS) is 110. The van der Waals surface area contributed by atoms with Crippen molar-refractivity contribution in [3.8, 4) is 0 Å². The Balaban J connectivity index is 2.78. The molecule has 4 aliphatic rings. The zero-order chi connectivity index (χ0) is 22.6. The molecule has 72 valence electrons. The summed E-state index contributed by atoms with van der Waals surface area (Å²) in [7, 11) is 0. The predicted octanol–water partition coefficient (Wildman–Crippen LogP) is 1.69. The van der Waals surface area contributed by atoms with Crippen molar-refractivity contribution in [3.05, 3.63) is 0 Å². The number of carbonyl (C=O) groups is 1. The fourth-order valence-corrected chi connectivity index (χ4v) is 1.50. The molecule has 4 fully saturated rings. The highest BCUT2D eigenvalue weighted by atomic mass is 16.1. The van der Waals surface area contributed by atoms with E-state index in [0.29, 0.717) is 0 Å². The fraction of sp³-hybridized carbons (Fsp3) is 0.909. The van der Waals surface area contributed by atoms with Gasteiger partial charge in [0.15, 0.2) is 0 Å². The van der Waals surface area contributed by atoms with Gasteiger partial charge in [0.05, 0.1) is 0 Å². The molecule has 0 aromatic heterocycles. The molecular weight excluding hydrogens is 162 g/mol. The summed E-state index contributed by atoms with van der Waals surface area (Å²) in [5.41, 5.74) is 1.28. The van der Waals surface area contributed by atoms with Crippen LogP contribution in [0.5, 0.6) is 0 Å². The van der Waals surface area contributed by atoms with Crippen molar-refractivity contribution in [2.75, 3.05) is 0 Å². The highest BCUT2D eigenvalue weighted by Gasteiger charge is 2.53. The Hall–Kier alpha value is -0.530. The molecule has 4 saturated carbocycles. The van der Waals surface area contributed by atoms with Gasteiger partial charge in [-0.3, -0.25) is 4.79 Å². The highest BCUT2D eigenvalue weighted by Crippen LogP contribution is 2.59. The van der Waals surface area contributed by atoms with E-state index in [2.05, 4.69) is 0 Å². The maximum Gasteiger partial charge on any atom is 0.223 e. The number of hydrogen-bond acceptors (Lipinski definition) is 1. The van der Waals surface area contributed by atoms with Gasteiger partial charge in [-0.1, -0.05) is 0 Å². The summed E-state index contributed by atoms with van der Waals surface area (Å²) in [6.45, 7) is 0. The summed E-state index contributed by atoms with van der Waals surface area (Å²) in [6.07, 6.45) is -23.8. The van der Waals surface area contributed by atoms with Crippen LogP contribution in [0.25, 0.3) is 0 Å². The number of carbonyl (C=O) groups excluding carboxylic acids is 1. The van der Waals surface area contributed by atoms with Crippen LogP contribution in [0.15, 0.2) is 0 Å². The molecule has 0 heterocycles. The van der Waals surface area contributed by atoms with Gasteiger partial charge in [0.2, 0.25) is 5.91 Å². The van der Waals surface area contributed by atoms with Crippen molar-refractivity contribution in [3.63, 3.8) is 0 Å². The van der Waals surface area contributed by atoms with Gasteiger partial charge in [0.25, 0.3) is 0 Å². The number of amides is 1. The fourth-order valence-electron chi connectivity index (χ4n) is 1.50. The van der Waals surface area contributed by atoms with Gasteiger partial charge in [-0.15, -0.1) is 0 Å². The van der Waals surface area contributed by atoms with Gasteiger partial charge in [-0.25, -0.2) is 0 Å². The maximum atomic E-state index is 12.4. The molecule has 2 heteroatoms. The van der Waals surface area contributed by atoms with Gasteiger partial charge >= 0.3 is 0 Å². The second-order valence-electron chi connectivity index (χ2n) is 2.99. The molecule has 1 amide bonds. The van der Waals surface area contributed by atoms with Crippen molar-refractivity contribution in [2.24, 2.45) is 28.8 Å². The van der Waals surface area contributed by atoms with E-state index in [-0.39, 0.29) is 0 Å². The molecule has 0 atom stereocenters. The molecule has 0 aromatic carbocycles. The molecule has 0 unspecified atom stereocenters. The Bertz CT molecular complexity index is 689. The minimum atomic E-state index is -4.00. The van der Waals surface area contributed by atoms with Crippen LogP contribution in [-0.2, 0) is 4.79 Å². The molecule has 2 N–H and O–H groups in total. The van der Waals surface area contributed by atoms with Crippen LogP contribution >= 0.6 is 0 Å². The molecule has 0 spiro atoms. The first-order chi connectivity index (χ1) is 11.9. The van der Waals surface area contributed by atoms with Crippen LogP contribution in [0.3, 0.4) is 0 Å². The number of rotatable bonds is 1. The number of primary amides is 1.